The minimum absolute atomic E-state index is 0.198. The predicted octanol–water partition coefficient (Wildman–Crippen LogP) is 6.08. The zero-order chi connectivity index (χ0) is 18.6. The molecule has 1 heterocycles. The highest BCUT2D eigenvalue weighted by Gasteiger charge is 2.31. The summed E-state index contributed by atoms with van der Waals surface area (Å²) in [6, 6.07) is 6.11. The molecule has 1 aromatic rings. The number of carbonyl (C=O) groups is 1. The Labute approximate surface area is 164 Å². The van der Waals surface area contributed by atoms with Gasteiger partial charge in [0, 0.05) is 28.1 Å². The summed E-state index contributed by atoms with van der Waals surface area (Å²) in [6.45, 7) is 8.63. The van der Waals surface area contributed by atoms with Gasteiger partial charge >= 0.3 is 6.09 Å². The summed E-state index contributed by atoms with van der Waals surface area (Å²) in [5.41, 5.74) is 0.508. The average Bonchev–Trinajstić information content (AvgIpc) is 2.49. The van der Waals surface area contributed by atoms with E-state index in [1.54, 1.807) is 0 Å². The molecule has 2 unspecified atom stereocenters. The van der Waals surface area contributed by atoms with E-state index in [-0.39, 0.29) is 18.2 Å². The number of ether oxygens (including phenoxy) is 1. The van der Waals surface area contributed by atoms with Crippen LogP contribution in [0.2, 0.25) is 5.02 Å². The van der Waals surface area contributed by atoms with Gasteiger partial charge in [0.15, 0.2) is 0 Å². The summed E-state index contributed by atoms with van der Waals surface area (Å²) < 4.78 is 6.57. The largest absolute Gasteiger partial charge is 0.444 e. The van der Waals surface area contributed by atoms with E-state index < -0.39 is 5.60 Å². The van der Waals surface area contributed by atoms with Crippen LogP contribution in [0, 0.1) is 0 Å². The van der Waals surface area contributed by atoms with Gasteiger partial charge in [-0.25, -0.2) is 4.79 Å². The van der Waals surface area contributed by atoms with Crippen LogP contribution < -0.4 is 5.32 Å². The van der Waals surface area contributed by atoms with E-state index in [1.165, 1.54) is 0 Å². The number of halogens is 2. The fraction of sp³-hybridized carbons (Fsp3) is 0.632. The molecule has 4 nitrogen and oxygen atoms in total. The maximum Gasteiger partial charge on any atom is 0.410 e. The van der Waals surface area contributed by atoms with E-state index >= 15 is 0 Å². The monoisotopic (exact) mass is 430 g/mol. The maximum atomic E-state index is 12.5. The van der Waals surface area contributed by atoms with E-state index in [9.17, 15) is 4.79 Å². The lowest BCUT2D eigenvalue weighted by Gasteiger charge is -2.38. The minimum Gasteiger partial charge on any atom is -0.444 e. The van der Waals surface area contributed by atoms with Crippen LogP contribution in [0.4, 0.5) is 10.5 Å². The van der Waals surface area contributed by atoms with Crippen molar-refractivity contribution in [1.82, 2.24) is 4.90 Å². The first-order valence-electron chi connectivity index (χ1n) is 8.87. The number of hydrogen-bond acceptors (Lipinski definition) is 3. The van der Waals surface area contributed by atoms with Crippen LogP contribution in [-0.2, 0) is 4.74 Å². The van der Waals surface area contributed by atoms with Gasteiger partial charge in [-0.05, 0) is 87.5 Å². The molecule has 0 spiro atoms. The van der Waals surface area contributed by atoms with Gasteiger partial charge < -0.3 is 15.0 Å². The summed E-state index contributed by atoms with van der Waals surface area (Å²) in [5, 5.41) is 4.20. The SMILES string of the molecule is CC(CC1CCCCN1C(=O)OC(C)(C)C)Nc1cc(Cl)ccc1Br. The number of carbonyl (C=O) groups excluding carboxylic acids is 1. The first-order valence-corrected chi connectivity index (χ1v) is 10.0. The molecule has 0 aliphatic carbocycles. The smallest absolute Gasteiger partial charge is 0.410 e. The predicted molar refractivity (Wildman–Crippen MR) is 107 cm³/mol. The molecule has 2 rings (SSSR count). The number of nitrogens with zero attached hydrogens (tertiary/aromatic N) is 1. The molecule has 1 saturated heterocycles. The van der Waals surface area contributed by atoms with Crippen molar-refractivity contribution in [1.29, 1.82) is 0 Å². The molecule has 2 atom stereocenters. The number of benzene rings is 1. The van der Waals surface area contributed by atoms with Crippen molar-refractivity contribution in [3.05, 3.63) is 27.7 Å². The van der Waals surface area contributed by atoms with Crippen molar-refractivity contribution >= 4 is 39.3 Å². The zero-order valence-electron chi connectivity index (χ0n) is 15.4. The second-order valence-electron chi connectivity index (χ2n) is 7.73. The summed E-state index contributed by atoms with van der Waals surface area (Å²) in [4.78, 5) is 14.4. The minimum atomic E-state index is -0.464. The molecular weight excluding hydrogens is 404 g/mol. The fourth-order valence-electron chi connectivity index (χ4n) is 3.15. The Kier molecular flexibility index (Phi) is 7.03. The number of anilines is 1. The molecule has 6 heteroatoms. The van der Waals surface area contributed by atoms with Gasteiger partial charge in [0.05, 0.1) is 5.69 Å². The molecule has 0 bridgehead atoms. The topological polar surface area (TPSA) is 41.6 Å². The van der Waals surface area contributed by atoms with E-state index in [4.69, 9.17) is 16.3 Å². The molecular formula is C19H28BrClN2O2. The lowest BCUT2D eigenvalue weighted by molar-refractivity contribution is 0.00852. The third kappa shape index (κ3) is 6.37. The number of rotatable bonds is 4. The second kappa shape index (κ2) is 8.63. The Balaban J connectivity index is 2.00. The van der Waals surface area contributed by atoms with E-state index in [1.807, 2.05) is 43.9 Å². The summed E-state index contributed by atoms with van der Waals surface area (Å²) in [6.07, 6.45) is 3.88. The zero-order valence-corrected chi connectivity index (χ0v) is 17.8. The standard InChI is InChI=1S/C19H28BrClN2O2/c1-13(22-17-12-14(21)8-9-16(17)20)11-15-7-5-6-10-23(15)18(24)25-19(2,3)4/h8-9,12-13,15,22H,5-7,10-11H2,1-4H3. The van der Waals surface area contributed by atoms with Gasteiger partial charge in [-0.1, -0.05) is 11.6 Å². The number of likely N-dealkylation sites (tertiary alicyclic amines) is 1. The summed E-state index contributed by atoms with van der Waals surface area (Å²) in [5.74, 6) is 0. The lowest BCUT2D eigenvalue weighted by Crippen LogP contribution is -2.47. The second-order valence-corrected chi connectivity index (χ2v) is 9.02. The van der Waals surface area contributed by atoms with Crippen molar-refractivity contribution in [3.63, 3.8) is 0 Å². The van der Waals surface area contributed by atoms with E-state index in [0.717, 1.165) is 42.4 Å². The molecule has 1 aromatic carbocycles. The molecule has 0 radical (unpaired) electrons. The van der Waals surface area contributed by atoms with Crippen LogP contribution in [-0.4, -0.2) is 35.2 Å². The van der Waals surface area contributed by atoms with Crippen LogP contribution >= 0.6 is 27.5 Å². The molecule has 0 aromatic heterocycles. The highest BCUT2D eigenvalue weighted by atomic mass is 79.9. The Morgan fingerprint density at radius 1 is 1.44 bits per heavy atom. The highest BCUT2D eigenvalue weighted by Crippen LogP contribution is 2.29. The Morgan fingerprint density at radius 3 is 2.84 bits per heavy atom. The molecule has 1 fully saturated rings. The fourth-order valence-corrected chi connectivity index (χ4v) is 3.68. The third-order valence-corrected chi connectivity index (χ3v) is 5.14. The van der Waals surface area contributed by atoms with E-state index in [0.29, 0.717) is 5.02 Å². The molecule has 1 aliphatic heterocycles. The van der Waals surface area contributed by atoms with Gasteiger partial charge in [-0.3, -0.25) is 0 Å². The van der Waals surface area contributed by atoms with Crippen molar-refractivity contribution in [2.24, 2.45) is 0 Å². The Morgan fingerprint density at radius 2 is 2.16 bits per heavy atom. The van der Waals surface area contributed by atoms with Crippen molar-refractivity contribution in [2.45, 2.75) is 71.1 Å². The number of amides is 1. The lowest BCUT2D eigenvalue weighted by atomic mass is 9.96. The molecule has 0 saturated carbocycles. The molecule has 1 aliphatic rings. The Hall–Kier alpha value is -0.940. The van der Waals surface area contributed by atoms with Gasteiger partial charge in [0.2, 0.25) is 0 Å². The van der Waals surface area contributed by atoms with Gasteiger partial charge in [-0.15, -0.1) is 0 Å². The quantitative estimate of drug-likeness (QED) is 0.628. The van der Waals surface area contributed by atoms with Crippen molar-refractivity contribution < 1.29 is 9.53 Å². The first-order chi connectivity index (χ1) is 11.7. The highest BCUT2D eigenvalue weighted by molar-refractivity contribution is 9.10. The first kappa shape index (κ1) is 20.4. The maximum absolute atomic E-state index is 12.5. The van der Waals surface area contributed by atoms with Crippen LogP contribution in [0.5, 0.6) is 0 Å². The number of nitrogens with one attached hydrogen (secondary N) is 1. The van der Waals surface area contributed by atoms with Crippen molar-refractivity contribution in [2.75, 3.05) is 11.9 Å². The van der Waals surface area contributed by atoms with Gasteiger partial charge in [0.25, 0.3) is 0 Å². The van der Waals surface area contributed by atoms with Crippen LogP contribution in [0.25, 0.3) is 0 Å². The Bertz CT molecular complexity index is 604. The van der Waals surface area contributed by atoms with Gasteiger partial charge in [-0.2, -0.15) is 0 Å². The molecule has 140 valence electrons. The number of hydrogen-bond donors (Lipinski definition) is 1. The number of piperidine rings is 1. The van der Waals surface area contributed by atoms with Crippen LogP contribution in [0.3, 0.4) is 0 Å². The van der Waals surface area contributed by atoms with Crippen LogP contribution in [0.1, 0.15) is 53.4 Å². The van der Waals surface area contributed by atoms with Crippen molar-refractivity contribution in [3.8, 4) is 0 Å². The average molecular weight is 432 g/mol. The molecule has 1 amide bonds. The summed E-state index contributed by atoms with van der Waals surface area (Å²) >= 11 is 9.63. The van der Waals surface area contributed by atoms with Gasteiger partial charge in [0.1, 0.15) is 5.60 Å². The normalized spacial score (nSPS) is 19.4. The van der Waals surface area contributed by atoms with E-state index in [2.05, 4.69) is 28.2 Å². The summed E-state index contributed by atoms with van der Waals surface area (Å²) in [7, 11) is 0. The molecule has 1 N–H and O–H groups in total. The third-order valence-electron chi connectivity index (χ3n) is 4.21. The van der Waals surface area contributed by atoms with Crippen LogP contribution in [0.15, 0.2) is 22.7 Å². The molecule has 25 heavy (non-hydrogen) atoms.